The lowest BCUT2D eigenvalue weighted by Crippen LogP contribution is -1.92. The largest absolute Gasteiger partial charge is 0.0622 e. The molecule has 0 saturated heterocycles. The van der Waals surface area contributed by atoms with Crippen molar-refractivity contribution in [2.45, 2.75) is 0 Å². The second kappa shape index (κ2) is 9.50. The Bertz CT molecular complexity index is 1900. The van der Waals surface area contributed by atoms with E-state index in [4.69, 9.17) is 0 Å². The molecule has 0 atom stereocenters. The van der Waals surface area contributed by atoms with Crippen molar-refractivity contribution in [3.63, 3.8) is 0 Å². The topological polar surface area (TPSA) is 0 Å². The van der Waals surface area contributed by atoms with Crippen LogP contribution in [-0.2, 0) is 0 Å². The number of benzene rings is 7. The summed E-state index contributed by atoms with van der Waals surface area (Å²) in [5.74, 6) is 0. The van der Waals surface area contributed by atoms with Crippen LogP contribution in [0.1, 0.15) is 11.1 Å². The Labute approximate surface area is 223 Å². The van der Waals surface area contributed by atoms with Gasteiger partial charge in [0.05, 0.1) is 0 Å². The lowest BCUT2D eigenvalue weighted by atomic mass is 9.84. The van der Waals surface area contributed by atoms with Crippen molar-refractivity contribution in [3.8, 4) is 22.3 Å². The Hall–Kier alpha value is -4.94. The van der Waals surface area contributed by atoms with Gasteiger partial charge in [0.2, 0.25) is 0 Å². The van der Waals surface area contributed by atoms with Gasteiger partial charge in [-0.25, -0.2) is 0 Å². The third kappa shape index (κ3) is 3.88. The van der Waals surface area contributed by atoms with E-state index in [0.717, 1.165) is 0 Å². The van der Waals surface area contributed by atoms with Crippen LogP contribution in [0.2, 0.25) is 0 Å². The predicted molar refractivity (Wildman–Crippen MR) is 165 cm³/mol. The molecule has 0 N–H and O–H groups in total. The first-order valence-electron chi connectivity index (χ1n) is 13.1. The minimum Gasteiger partial charge on any atom is -0.0622 e. The van der Waals surface area contributed by atoms with E-state index in [0.29, 0.717) is 0 Å². The molecule has 0 heteroatoms. The SMILES string of the molecule is C(=Cc1ccccc1-c1c2ccccc2c(-c2ccc3ccccc3c2)c2ccccc12)c1ccccc1. The van der Waals surface area contributed by atoms with Crippen LogP contribution in [0, 0.1) is 0 Å². The maximum atomic E-state index is 2.33. The molecule has 0 amide bonds. The summed E-state index contributed by atoms with van der Waals surface area (Å²) in [5, 5.41) is 7.63. The van der Waals surface area contributed by atoms with Gasteiger partial charge in [-0.3, -0.25) is 0 Å². The summed E-state index contributed by atoms with van der Waals surface area (Å²) in [6.45, 7) is 0. The zero-order valence-electron chi connectivity index (χ0n) is 21.0. The monoisotopic (exact) mass is 482 g/mol. The summed E-state index contributed by atoms with van der Waals surface area (Å²) in [6, 6.07) is 52.4. The standard InChI is InChI=1S/C38H26/c1-2-12-27(13-3-1)22-23-29-15-6-7-17-32(29)38-35-20-10-8-18-33(35)37(34-19-9-11-21-36(34)38)31-25-24-28-14-4-5-16-30(28)26-31/h1-26H. The fourth-order valence-electron chi connectivity index (χ4n) is 5.69. The molecule has 7 aromatic rings. The van der Waals surface area contributed by atoms with E-state index in [-0.39, 0.29) is 0 Å². The highest BCUT2D eigenvalue weighted by molar-refractivity contribution is 6.22. The van der Waals surface area contributed by atoms with Gasteiger partial charge in [-0.2, -0.15) is 0 Å². The molecule has 38 heavy (non-hydrogen) atoms. The van der Waals surface area contributed by atoms with Gasteiger partial charge in [0.1, 0.15) is 0 Å². The van der Waals surface area contributed by atoms with E-state index < -0.39 is 0 Å². The van der Waals surface area contributed by atoms with Gasteiger partial charge in [0, 0.05) is 0 Å². The van der Waals surface area contributed by atoms with Crippen molar-refractivity contribution in [2.75, 3.05) is 0 Å². The third-order valence-corrected chi connectivity index (χ3v) is 7.45. The molecule has 0 radical (unpaired) electrons. The first kappa shape index (κ1) is 22.3. The molecule has 0 unspecified atom stereocenters. The van der Waals surface area contributed by atoms with Gasteiger partial charge in [-0.1, -0.05) is 152 Å². The van der Waals surface area contributed by atoms with Gasteiger partial charge < -0.3 is 0 Å². The zero-order valence-corrected chi connectivity index (χ0v) is 21.0. The molecule has 0 bridgehead atoms. The van der Waals surface area contributed by atoms with Crippen LogP contribution in [0.4, 0.5) is 0 Å². The van der Waals surface area contributed by atoms with Crippen LogP contribution in [0.25, 0.3) is 66.7 Å². The van der Waals surface area contributed by atoms with Gasteiger partial charge in [-0.05, 0) is 71.8 Å². The minimum atomic E-state index is 1.20. The van der Waals surface area contributed by atoms with Gasteiger partial charge in [0.25, 0.3) is 0 Å². The minimum absolute atomic E-state index is 1.20. The lowest BCUT2D eigenvalue weighted by molar-refractivity contribution is 1.62. The Morgan fingerprint density at radius 1 is 0.368 bits per heavy atom. The molecule has 0 spiro atoms. The number of fused-ring (bicyclic) bond motifs is 3. The van der Waals surface area contributed by atoms with Crippen molar-refractivity contribution >= 4 is 44.5 Å². The second-order valence-corrected chi connectivity index (χ2v) is 9.73. The highest BCUT2D eigenvalue weighted by atomic mass is 14.2. The molecule has 0 saturated carbocycles. The molecule has 0 heterocycles. The van der Waals surface area contributed by atoms with Gasteiger partial charge >= 0.3 is 0 Å². The molecule has 0 fully saturated rings. The van der Waals surface area contributed by atoms with E-state index >= 15 is 0 Å². The number of hydrogen-bond donors (Lipinski definition) is 0. The molecule has 0 aliphatic rings. The van der Waals surface area contributed by atoms with Crippen LogP contribution in [0.15, 0.2) is 146 Å². The van der Waals surface area contributed by atoms with Crippen molar-refractivity contribution in [2.24, 2.45) is 0 Å². The van der Waals surface area contributed by atoms with Crippen LogP contribution >= 0.6 is 0 Å². The molecular weight excluding hydrogens is 456 g/mol. The average molecular weight is 483 g/mol. The van der Waals surface area contributed by atoms with E-state index in [1.54, 1.807) is 0 Å². The molecule has 0 aromatic heterocycles. The summed E-state index contributed by atoms with van der Waals surface area (Å²) in [7, 11) is 0. The lowest BCUT2D eigenvalue weighted by Gasteiger charge is -2.19. The first-order valence-corrected chi connectivity index (χ1v) is 13.1. The molecule has 178 valence electrons. The van der Waals surface area contributed by atoms with E-state index in [9.17, 15) is 0 Å². The molecule has 0 nitrogen and oxygen atoms in total. The van der Waals surface area contributed by atoms with Crippen molar-refractivity contribution in [1.82, 2.24) is 0 Å². The Kier molecular flexibility index (Phi) is 5.57. The second-order valence-electron chi connectivity index (χ2n) is 9.73. The highest BCUT2D eigenvalue weighted by Gasteiger charge is 2.17. The van der Waals surface area contributed by atoms with Gasteiger partial charge in [-0.15, -0.1) is 0 Å². The fraction of sp³-hybridized carbons (Fsp3) is 0. The summed E-state index contributed by atoms with van der Waals surface area (Å²) < 4.78 is 0. The van der Waals surface area contributed by atoms with Crippen molar-refractivity contribution < 1.29 is 0 Å². The summed E-state index contributed by atoms with van der Waals surface area (Å²) in [6.07, 6.45) is 4.44. The van der Waals surface area contributed by atoms with Crippen LogP contribution < -0.4 is 0 Å². The fourth-order valence-corrected chi connectivity index (χ4v) is 5.69. The zero-order chi connectivity index (χ0) is 25.3. The number of hydrogen-bond acceptors (Lipinski definition) is 0. The van der Waals surface area contributed by atoms with E-state index in [1.165, 1.54) is 65.7 Å². The molecular formula is C38H26. The normalized spacial score (nSPS) is 11.6. The predicted octanol–water partition coefficient (Wildman–Crippen LogP) is 10.7. The van der Waals surface area contributed by atoms with Crippen molar-refractivity contribution in [3.05, 3.63) is 157 Å². The third-order valence-electron chi connectivity index (χ3n) is 7.45. The molecule has 0 aliphatic carbocycles. The Morgan fingerprint density at radius 3 is 1.63 bits per heavy atom. The summed E-state index contributed by atoms with van der Waals surface area (Å²) in [5.41, 5.74) is 7.49. The van der Waals surface area contributed by atoms with Crippen LogP contribution in [0.3, 0.4) is 0 Å². The number of rotatable bonds is 4. The summed E-state index contributed by atoms with van der Waals surface area (Å²) in [4.78, 5) is 0. The quantitative estimate of drug-likeness (QED) is 0.173. The first-order chi connectivity index (χ1) is 18.9. The van der Waals surface area contributed by atoms with E-state index in [2.05, 4.69) is 158 Å². The maximum Gasteiger partial charge on any atom is -0.00204 e. The van der Waals surface area contributed by atoms with E-state index in [1.807, 2.05) is 0 Å². The smallest absolute Gasteiger partial charge is 0.00204 e. The molecule has 7 aromatic carbocycles. The Morgan fingerprint density at radius 2 is 0.921 bits per heavy atom. The maximum absolute atomic E-state index is 2.33. The Balaban J connectivity index is 1.52. The van der Waals surface area contributed by atoms with Crippen molar-refractivity contribution in [1.29, 1.82) is 0 Å². The summed E-state index contributed by atoms with van der Waals surface area (Å²) >= 11 is 0. The van der Waals surface area contributed by atoms with Gasteiger partial charge in [0.15, 0.2) is 0 Å². The average Bonchev–Trinajstić information content (AvgIpc) is 2.99. The van der Waals surface area contributed by atoms with Crippen LogP contribution in [0.5, 0.6) is 0 Å². The molecule has 7 rings (SSSR count). The van der Waals surface area contributed by atoms with Crippen LogP contribution in [-0.4, -0.2) is 0 Å². The molecule has 0 aliphatic heterocycles. The highest BCUT2D eigenvalue weighted by Crippen LogP contribution is 2.44.